The van der Waals surface area contributed by atoms with E-state index in [1.807, 2.05) is 25.1 Å². The molecule has 82 valence electrons. The Labute approximate surface area is 107 Å². The van der Waals surface area contributed by atoms with Gasteiger partial charge >= 0.3 is 0 Å². The molecular formula is C11H9BrClN3. The van der Waals surface area contributed by atoms with Gasteiger partial charge in [0.1, 0.15) is 16.7 Å². The van der Waals surface area contributed by atoms with Crippen molar-refractivity contribution in [3.05, 3.63) is 45.8 Å². The molecule has 0 atom stereocenters. The van der Waals surface area contributed by atoms with E-state index >= 15 is 0 Å². The standard InChI is InChI=1S/C11H9BrClN3/c1-7-2-3-8(13)9(4-7)16-11-5-10(12)14-6-15-11/h2-6H,1H3,(H,14,15,16). The van der Waals surface area contributed by atoms with E-state index in [0.29, 0.717) is 10.8 Å². The average molecular weight is 299 g/mol. The number of hydrogen-bond acceptors (Lipinski definition) is 3. The lowest BCUT2D eigenvalue weighted by atomic mass is 10.2. The largest absolute Gasteiger partial charge is 0.339 e. The second kappa shape index (κ2) is 4.80. The molecule has 0 aliphatic heterocycles. The highest BCUT2D eigenvalue weighted by molar-refractivity contribution is 9.10. The summed E-state index contributed by atoms with van der Waals surface area (Å²) in [6.07, 6.45) is 1.48. The van der Waals surface area contributed by atoms with Crippen LogP contribution in [-0.4, -0.2) is 9.97 Å². The zero-order valence-electron chi connectivity index (χ0n) is 8.54. The number of anilines is 2. The van der Waals surface area contributed by atoms with Crippen LogP contribution in [0.5, 0.6) is 0 Å². The Hall–Kier alpha value is -1.13. The summed E-state index contributed by atoms with van der Waals surface area (Å²) in [5, 5.41) is 3.81. The average Bonchev–Trinajstić information content (AvgIpc) is 2.24. The number of benzene rings is 1. The van der Waals surface area contributed by atoms with Gasteiger partial charge in [-0.25, -0.2) is 9.97 Å². The lowest BCUT2D eigenvalue weighted by Gasteiger charge is -2.08. The highest BCUT2D eigenvalue weighted by Gasteiger charge is 2.02. The summed E-state index contributed by atoms with van der Waals surface area (Å²) in [6, 6.07) is 7.58. The van der Waals surface area contributed by atoms with E-state index in [0.717, 1.165) is 15.9 Å². The molecule has 0 aliphatic carbocycles. The topological polar surface area (TPSA) is 37.8 Å². The first-order chi connectivity index (χ1) is 7.65. The predicted molar refractivity (Wildman–Crippen MR) is 69.2 cm³/mol. The normalized spacial score (nSPS) is 10.2. The van der Waals surface area contributed by atoms with Crippen molar-refractivity contribution < 1.29 is 0 Å². The van der Waals surface area contributed by atoms with Crippen LogP contribution in [0.2, 0.25) is 5.02 Å². The monoisotopic (exact) mass is 297 g/mol. The summed E-state index contributed by atoms with van der Waals surface area (Å²) in [5.74, 6) is 0.703. The molecule has 0 spiro atoms. The number of rotatable bonds is 2. The van der Waals surface area contributed by atoms with Gasteiger partial charge < -0.3 is 5.32 Å². The maximum absolute atomic E-state index is 6.07. The van der Waals surface area contributed by atoms with Crippen LogP contribution in [0.1, 0.15) is 5.56 Å². The van der Waals surface area contributed by atoms with Crippen molar-refractivity contribution in [3.8, 4) is 0 Å². The maximum atomic E-state index is 6.07. The van der Waals surface area contributed by atoms with Crippen LogP contribution in [0.15, 0.2) is 35.2 Å². The molecule has 0 fully saturated rings. The molecule has 2 aromatic rings. The summed E-state index contributed by atoms with van der Waals surface area (Å²) in [7, 11) is 0. The van der Waals surface area contributed by atoms with Gasteiger partial charge in [0.15, 0.2) is 0 Å². The van der Waals surface area contributed by atoms with Crippen LogP contribution < -0.4 is 5.32 Å². The molecule has 1 aromatic heterocycles. The fraction of sp³-hybridized carbons (Fsp3) is 0.0909. The second-order valence-corrected chi connectivity index (χ2v) is 4.55. The molecule has 1 heterocycles. The zero-order valence-corrected chi connectivity index (χ0v) is 10.9. The van der Waals surface area contributed by atoms with Crippen LogP contribution in [0.4, 0.5) is 11.5 Å². The molecule has 5 heteroatoms. The molecule has 0 bridgehead atoms. The molecule has 1 aromatic carbocycles. The van der Waals surface area contributed by atoms with Crippen molar-refractivity contribution in [1.29, 1.82) is 0 Å². The Morgan fingerprint density at radius 2 is 2.06 bits per heavy atom. The first-order valence-electron chi connectivity index (χ1n) is 4.66. The minimum atomic E-state index is 0.667. The van der Waals surface area contributed by atoms with E-state index in [4.69, 9.17) is 11.6 Å². The van der Waals surface area contributed by atoms with Gasteiger partial charge in [0.05, 0.1) is 10.7 Å². The Balaban J connectivity index is 2.30. The predicted octanol–water partition coefficient (Wildman–Crippen LogP) is 3.94. The molecule has 0 saturated heterocycles. The summed E-state index contributed by atoms with van der Waals surface area (Å²) < 4.78 is 0.730. The van der Waals surface area contributed by atoms with Crippen LogP contribution >= 0.6 is 27.5 Å². The highest BCUT2D eigenvalue weighted by atomic mass is 79.9. The first-order valence-corrected chi connectivity index (χ1v) is 5.83. The third kappa shape index (κ3) is 2.71. The van der Waals surface area contributed by atoms with Crippen molar-refractivity contribution in [2.24, 2.45) is 0 Å². The maximum Gasteiger partial charge on any atom is 0.134 e. The molecule has 0 amide bonds. The van der Waals surface area contributed by atoms with Crippen molar-refractivity contribution in [2.45, 2.75) is 6.92 Å². The molecule has 1 N–H and O–H groups in total. The second-order valence-electron chi connectivity index (χ2n) is 3.33. The summed E-state index contributed by atoms with van der Waals surface area (Å²) in [4.78, 5) is 8.05. The summed E-state index contributed by atoms with van der Waals surface area (Å²) in [6.45, 7) is 2.01. The van der Waals surface area contributed by atoms with Crippen LogP contribution in [0.3, 0.4) is 0 Å². The number of aryl methyl sites for hydroxylation is 1. The summed E-state index contributed by atoms with van der Waals surface area (Å²) >= 11 is 9.35. The smallest absolute Gasteiger partial charge is 0.134 e. The van der Waals surface area contributed by atoms with Gasteiger partial charge in [-0.15, -0.1) is 0 Å². The Bertz CT molecular complexity index is 516. The minimum absolute atomic E-state index is 0.667. The van der Waals surface area contributed by atoms with E-state index in [9.17, 15) is 0 Å². The van der Waals surface area contributed by atoms with E-state index in [1.54, 1.807) is 6.07 Å². The Morgan fingerprint density at radius 1 is 1.25 bits per heavy atom. The van der Waals surface area contributed by atoms with Gasteiger partial charge in [-0.2, -0.15) is 0 Å². The van der Waals surface area contributed by atoms with Gasteiger partial charge in [-0.1, -0.05) is 17.7 Å². The van der Waals surface area contributed by atoms with Crippen LogP contribution in [0, 0.1) is 6.92 Å². The molecule has 16 heavy (non-hydrogen) atoms. The van der Waals surface area contributed by atoms with E-state index < -0.39 is 0 Å². The van der Waals surface area contributed by atoms with Gasteiger partial charge in [0.25, 0.3) is 0 Å². The fourth-order valence-electron chi connectivity index (χ4n) is 1.27. The van der Waals surface area contributed by atoms with Crippen molar-refractivity contribution in [3.63, 3.8) is 0 Å². The van der Waals surface area contributed by atoms with Crippen molar-refractivity contribution >= 4 is 39.0 Å². The lowest BCUT2D eigenvalue weighted by Crippen LogP contribution is -1.95. The van der Waals surface area contributed by atoms with E-state index in [-0.39, 0.29) is 0 Å². The Kier molecular flexibility index (Phi) is 3.41. The summed E-state index contributed by atoms with van der Waals surface area (Å²) in [5.41, 5.74) is 1.98. The number of hydrogen-bond donors (Lipinski definition) is 1. The molecular weight excluding hydrogens is 289 g/mol. The SMILES string of the molecule is Cc1ccc(Cl)c(Nc2cc(Br)ncn2)c1. The quantitative estimate of drug-likeness (QED) is 0.853. The molecule has 3 nitrogen and oxygen atoms in total. The van der Waals surface area contributed by atoms with E-state index in [2.05, 4.69) is 31.2 Å². The number of nitrogens with one attached hydrogen (secondary N) is 1. The molecule has 0 saturated carbocycles. The van der Waals surface area contributed by atoms with E-state index in [1.165, 1.54) is 6.33 Å². The lowest BCUT2D eigenvalue weighted by molar-refractivity contribution is 1.14. The molecule has 2 rings (SSSR count). The minimum Gasteiger partial charge on any atom is -0.339 e. The van der Waals surface area contributed by atoms with Gasteiger partial charge in [-0.3, -0.25) is 0 Å². The van der Waals surface area contributed by atoms with Gasteiger partial charge in [-0.05, 0) is 40.5 Å². The Morgan fingerprint density at radius 3 is 2.81 bits per heavy atom. The molecule has 0 unspecified atom stereocenters. The number of halogens is 2. The molecule has 0 radical (unpaired) electrons. The fourth-order valence-corrected chi connectivity index (χ4v) is 1.75. The number of nitrogens with zero attached hydrogens (tertiary/aromatic N) is 2. The number of aromatic nitrogens is 2. The van der Waals surface area contributed by atoms with Crippen molar-refractivity contribution in [2.75, 3.05) is 5.32 Å². The molecule has 0 aliphatic rings. The highest BCUT2D eigenvalue weighted by Crippen LogP contribution is 2.25. The van der Waals surface area contributed by atoms with Crippen LogP contribution in [0.25, 0.3) is 0 Å². The van der Waals surface area contributed by atoms with Crippen molar-refractivity contribution in [1.82, 2.24) is 9.97 Å². The third-order valence-electron chi connectivity index (χ3n) is 2.02. The third-order valence-corrected chi connectivity index (χ3v) is 2.78. The van der Waals surface area contributed by atoms with Gasteiger partial charge in [0.2, 0.25) is 0 Å². The van der Waals surface area contributed by atoms with Crippen LogP contribution in [-0.2, 0) is 0 Å². The zero-order chi connectivity index (χ0) is 11.5. The first kappa shape index (κ1) is 11.4. The van der Waals surface area contributed by atoms with Gasteiger partial charge in [0, 0.05) is 6.07 Å².